The van der Waals surface area contributed by atoms with Crippen molar-refractivity contribution in [2.75, 3.05) is 13.7 Å². The Labute approximate surface area is 132 Å². The van der Waals surface area contributed by atoms with E-state index in [9.17, 15) is 4.79 Å². The Hall–Kier alpha value is -3.09. The van der Waals surface area contributed by atoms with E-state index in [1.54, 1.807) is 20.2 Å². The molecule has 0 spiro atoms. The SMILES string of the molecule is CCOC(=O)c1coc(-n2ccc(-c3ccc(OC)cc3)n2)n1. The molecule has 3 aromatic rings. The summed E-state index contributed by atoms with van der Waals surface area (Å²) in [6, 6.07) is 9.57. The first-order valence-corrected chi connectivity index (χ1v) is 7.04. The van der Waals surface area contributed by atoms with Gasteiger partial charge in [0.1, 0.15) is 12.0 Å². The Morgan fingerprint density at radius 2 is 2.04 bits per heavy atom. The van der Waals surface area contributed by atoms with E-state index in [2.05, 4.69) is 10.1 Å². The molecule has 3 rings (SSSR count). The van der Waals surface area contributed by atoms with Crippen molar-refractivity contribution in [1.82, 2.24) is 14.8 Å². The van der Waals surface area contributed by atoms with E-state index in [1.807, 2.05) is 30.3 Å². The van der Waals surface area contributed by atoms with Crippen LogP contribution in [0.1, 0.15) is 17.4 Å². The van der Waals surface area contributed by atoms with Crippen LogP contribution in [0.5, 0.6) is 5.75 Å². The molecule has 23 heavy (non-hydrogen) atoms. The second kappa shape index (κ2) is 6.35. The average Bonchev–Trinajstić information content (AvgIpc) is 3.24. The fourth-order valence-corrected chi connectivity index (χ4v) is 2.01. The Morgan fingerprint density at radius 1 is 1.26 bits per heavy atom. The van der Waals surface area contributed by atoms with Crippen LogP contribution < -0.4 is 4.74 Å². The molecule has 2 heterocycles. The zero-order valence-corrected chi connectivity index (χ0v) is 12.7. The van der Waals surface area contributed by atoms with E-state index in [-0.39, 0.29) is 18.3 Å². The van der Waals surface area contributed by atoms with Crippen LogP contribution >= 0.6 is 0 Å². The number of nitrogens with zero attached hydrogens (tertiary/aromatic N) is 3. The number of methoxy groups -OCH3 is 1. The summed E-state index contributed by atoms with van der Waals surface area (Å²) >= 11 is 0. The van der Waals surface area contributed by atoms with Gasteiger partial charge >= 0.3 is 12.0 Å². The minimum absolute atomic E-state index is 0.114. The molecule has 118 valence electrons. The molecule has 0 aliphatic heterocycles. The van der Waals surface area contributed by atoms with Gasteiger partial charge in [-0.25, -0.2) is 4.79 Å². The summed E-state index contributed by atoms with van der Waals surface area (Å²) in [5.74, 6) is 0.255. The molecular weight excluding hydrogens is 298 g/mol. The number of hydrogen-bond acceptors (Lipinski definition) is 6. The van der Waals surface area contributed by atoms with Crippen molar-refractivity contribution in [3.63, 3.8) is 0 Å². The molecule has 0 bridgehead atoms. The molecule has 7 heteroatoms. The predicted molar refractivity (Wildman–Crippen MR) is 81.6 cm³/mol. The van der Waals surface area contributed by atoms with Crippen molar-refractivity contribution in [3.05, 3.63) is 48.5 Å². The molecule has 0 saturated carbocycles. The molecule has 1 aromatic carbocycles. The summed E-state index contributed by atoms with van der Waals surface area (Å²) in [5.41, 5.74) is 1.80. The van der Waals surface area contributed by atoms with Crippen LogP contribution in [0.25, 0.3) is 17.3 Å². The monoisotopic (exact) mass is 313 g/mol. The third-order valence-corrected chi connectivity index (χ3v) is 3.15. The number of hydrogen-bond donors (Lipinski definition) is 0. The molecule has 0 radical (unpaired) electrons. The molecule has 7 nitrogen and oxygen atoms in total. The van der Waals surface area contributed by atoms with Gasteiger partial charge in [-0.2, -0.15) is 14.8 Å². The maximum Gasteiger partial charge on any atom is 0.360 e. The van der Waals surface area contributed by atoms with Crippen LogP contribution in [-0.2, 0) is 4.74 Å². The van der Waals surface area contributed by atoms with Crippen LogP contribution in [0.4, 0.5) is 0 Å². The van der Waals surface area contributed by atoms with E-state index in [0.29, 0.717) is 0 Å². The first kappa shape index (κ1) is 14.8. The fourth-order valence-electron chi connectivity index (χ4n) is 2.01. The van der Waals surface area contributed by atoms with Crippen molar-refractivity contribution in [3.8, 4) is 23.0 Å². The Morgan fingerprint density at radius 3 is 2.74 bits per heavy atom. The van der Waals surface area contributed by atoms with E-state index in [1.165, 1.54) is 10.9 Å². The highest BCUT2D eigenvalue weighted by Crippen LogP contribution is 2.21. The van der Waals surface area contributed by atoms with Crippen LogP contribution in [0, 0.1) is 0 Å². The largest absolute Gasteiger partial charge is 0.497 e. The molecule has 0 amide bonds. The second-order valence-electron chi connectivity index (χ2n) is 4.61. The van der Waals surface area contributed by atoms with Gasteiger partial charge in [-0.15, -0.1) is 0 Å². The quantitative estimate of drug-likeness (QED) is 0.674. The van der Waals surface area contributed by atoms with E-state index in [4.69, 9.17) is 13.9 Å². The number of aromatic nitrogens is 3. The molecule has 0 unspecified atom stereocenters. The summed E-state index contributed by atoms with van der Waals surface area (Å²) in [6.07, 6.45) is 2.96. The zero-order chi connectivity index (χ0) is 16.2. The normalized spacial score (nSPS) is 10.5. The third-order valence-electron chi connectivity index (χ3n) is 3.15. The lowest BCUT2D eigenvalue weighted by Gasteiger charge is -2.00. The van der Waals surface area contributed by atoms with Gasteiger partial charge in [-0.05, 0) is 37.3 Å². The molecule has 0 aliphatic carbocycles. The Balaban J connectivity index is 1.82. The number of carbonyl (C=O) groups is 1. The van der Waals surface area contributed by atoms with Gasteiger partial charge in [0.2, 0.25) is 0 Å². The van der Waals surface area contributed by atoms with Gasteiger partial charge in [0.05, 0.1) is 19.4 Å². The van der Waals surface area contributed by atoms with E-state index >= 15 is 0 Å². The highest BCUT2D eigenvalue weighted by Gasteiger charge is 2.15. The lowest BCUT2D eigenvalue weighted by atomic mass is 10.1. The third kappa shape index (κ3) is 3.08. The van der Waals surface area contributed by atoms with Crippen LogP contribution in [-0.4, -0.2) is 34.5 Å². The minimum atomic E-state index is -0.523. The number of esters is 1. The van der Waals surface area contributed by atoms with Gasteiger partial charge in [0.25, 0.3) is 0 Å². The molecular formula is C16H15N3O4. The highest BCUT2D eigenvalue weighted by atomic mass is 16.5. The molecule has 0 saturated heterocycles. The average molecular weight is 313 g/mol. The van der Waals surface area contributed by atoms with Crippen molar-refractivity contribution in [2.24, 2.45) is 0 Å². The second-order valence-corrected chi connectivity index (χ2v) is 4.61. The summed E-state index contributed by atoms with van der Waals surface area (Å²) < 4.78 is 16.7. The lowest BCUT2D eigenvalue weighted by Crippen LogP contribution is -2.05. The molecule has 0 N–H and O–H groups in total. The molecule has 0 aliphatic rings. The van der Waals surface area contributed by atoms with Gasteiger partial charge in [-0.3, -0.25) is 0 Å². The van der Waals surface area contributed by atoms with Crippen LogP contribution in [0.3, 0.4) is 0 Å². The van der Waals surface area contributed by atoms with Gasteiger partial charge < -0.3 is 13.9 Å². The molecule has 2 aromatic heterocycles. The first-order valence-electron chi connectivity index (χ1n) is 7.04. The van der Waals surface area contributed by atoms with Gasteiger partial charge in [0.15, 0.2) is 5.69 Å². The van der Waals surface area contributed by atoms with Crippen molar-refractivity contribution >= 4 is 5.97 Å². The minimum Gasteiger partial charge on any atom is -0.497 e. The van der Waals surface area contributed by atoms with Crippen LogP contribution in [0.2, 0.25) is 0 Å². The standard InChI is InChI=1S/C16H15N3O4/c1-3-22-15(20)14-10-23-16(17-14)19-9-8-13(18-19)11-4-6-12(21-2)7-5-11/h4-10H,3H2,1-2H3. The maximum atomic E-state index is 11.6. The smallest absolute Gasteiger partial charge is 0.360 e. The topological polar surface area (TPSA) is 79.4 Å². The number of carbonyl (C=O) groups excluding carboxylic acids is 1. The maximum absolute atomic E-state index is 11.6. The summed E-state index contributed by atoms with van der Waals surface area (Å²) in [7, 11) is 1.62. The molecule has 0 atom stereocenters. The fraction of sp³-hybridized carbons (Fsp3) is 0.188. The van der Waals surface area contributed by atoms with Gasteiger partial charge in [0, 0.05) is 11.8 Å². The number of oxazole rings is 1. The van der Waals surface area contributed by atoms with Crippen molar-refractivity contribution < 1.29 is 18.7 Å². The summed E-state index contributed by atoms with van der Waals surface area (Å²) in [4.78, 5) is 15.7. The summed E-state index contributed by atoms with van der Waals surface area (Å²) in [6.45, 7) is 2.01. The van der Waals surface area contributed by atoms with E-state index < -0.39 is 5.97 Å². The van der Waals surface area contributed by atoms with Crippen molar-refractivity contribution in [1.29, 1.82) is 0 Å². The summed E-state index contributed by atoms with van der Waals surface area (Å²) in [5, 5.41) is 4.39. The highest BCUT2D eigenvalue weighted by molar-refractivity contribution is 5.86. The first-order chi connectivity index (χ1) is 11.2. The number of benzene rings is 1. The zero-order valence-electron chi connectivity index (χ0n) is 12.7. The Bertz CT molecular complexity index is 805. The lowest BCUT2D eigenvalue weighted by molar-refractivity contribution is 0.0519. The number of ether oxygens (including phenoxy) is 2. The van der Waals surface area contributed by atoms with Crippen molar-refractivity contribution in [2.45, 2.75) is 6.92 Å². The predicted octanol–water partition coefficient (Wildman–Crippen LogP) is 2.71. The van der Waals surface area contributed by atoms with E-state index in [0.717, 1.165) is 17.0 Å². The van der Waals surface area contributed by atoms with Gasteiger partial charge in [-0.1, -0.05) is 0 Å². The van der Waals surface area contributed by atoms with Crippen LogP contribution in [0.15, 0.2) is 47.2 Å². The molecule has 0 fully saturated rings. The number of rotatable bonds is 5. The Kier molecular flexibility index (Phi) is 4.09.